The van der Waals surface area contributed by atoms with Crippen LogP contribution in [-0.4, -0.2) is 55.8 Å². The monoisotopic (exact) mass is 495 g/mol. The summed E-state index contributed by atoms with van der Waals surface area (Å²) in [5.74, 6) is 0.749. The Hall–Kier alpha value is -3.27. The number of nitrogens with one attached hydrogen (secondary N) is 1. The van der Waals surface area contributed by atoms with Crippen molar-refractivity contribution in [3.8, 4) is 11.5 Å². The van der Waals surface area contributed by atoms with E-state index in [1.54, 1.807) is 18.3 Å². The number of hydrogen-bond acceptors (Lipinski definition) is 7. The van der Waals surface area contributed by atoms with Gasteiger partial charge >= 0.3 is 5.97 Å². The third-order valence-electron chi connectivity index (χ3n) is 6.07. The molecule has 3 heterocycles. The number of aromatic nitrogens is 6. The number of pyridine rings is 1. The van der Waals surface area contributed by atoms with Gasteiger partial charge in [0.15, 0.2) is 0 Å². The number of rotatable bonds is 7. The lowest BCUT2D eigenvalue weighted by atomic mass is 9.91. The minimum Gasteiger partial charge on any atom is -0.465 e. The van der Waals surface area contributed by atoms with Gasteiger partial charge in [-0.25, -0.2) is 9.78 Å². The predicted molar refractivity (Wildman–Crippen MR) is 122 cm³/mol. The summed E-state index contributed by atoms with van der Waals surface area (Å²) in [7, 11) is 1.39. The summed E-state index contributed by atoms with van der Waals surface area (Å²) in [5, 5.41) is 14.7. The van der Waals surface area contributed by atoms with Crippen molar-refractivity contribution >= 4 is 27.7 Å². The summed E-state index contributed by atoms with van der Waals surface area (Å²) in [4.78, 5) is 19.4. The number of tetrazole rings is 1. The summed E-state index contributed by atoms with van der Waals surface area (Å²) >= 11 is 3.62. The Balaban J connectivity index is 1.66. The van der Waals surface area contributed by atoms with Crippen LogP contribution in [0.2, 0.25) is 0 Å². The van der Waals surface area contributed by atoms with E-state index in [1.807, 2.05) is 6.07 Å². The van der Waals surface area contributed by atoms with Crippen LogP contribution in [0.25, 0.3) is 11.5 Å². The van der Waals surface area contributed by atoms with Gasteiger partial charge in [-0.2, -0.15) is 5.21 Å². The van der Waals surface area contributed by atoms with Gasteiger partial charge in [0.2, 0.25) is 5.82 Å². The summed E-state index contributed by atoms with van der Waals surface area (Å²) < 4.78 is 8.17. The second-order valence-corrected chi connectivity index (χ2v) is 8.76. The van der Waals surface area contributed by atoms with E-state index in [9.17, 15) is 4.79 Å². The molecule has 0 saturated heterocycles. The van der Waals surface area contributed by atoms with Crippen molar-refractivity contribution in [2.45, 2.75) is 31.3 Å². The van der Waals surface area contributed by atoms with Gasteiger partial charge in [-0.1, -0.05) is 25.2 Å². The van der Waals surface area contributed by atoms with Crippen molar-refractivity contribution in [3.05, 3.63) is 64.4 Å². The zero-order valence-corrected chi connectivity index (χ0v) is 19.3. The van der Waals surface area contributed by atoms with E-state index in [0.717, 1.165) is 29.6 Å². The van der Waals surface area contributed by atoms with Crippen molar-refractivity contribution in [1.82, 2.24) is 30.2 Å². The summed E-state index contributed by atoms with van der Waals surface area (Å²) in [6, 6.07) is 5.46. The van der Waals surface area contributed by atoms with Crippen LogP contribution in [0.3, 0.4) is 0 Å². The first-order chi connectivity index (χ1) is 15.6. The molecule has 164 valence electrons. The maximum Gasteiger partial charge on any atom is 0.341 e. The molecule has 3 aromatic heterocycles. The highest BCUT2D eigenvalue weighted by atomic mass is 79.9. The largest absolute Gasteiger partial charge is 0.465 e. The van der Waals surface area contributed by atoms with Crippen LogP contribution in [-0.2, 0) is 10.3 Å². The highest BCUT2D eigenvalue weighted by Crippen LogP contribution is 2.50. The molecule has 2 atom stereocenters. The zero-order valence-electron chi connectivity index (χ0n) is 17.7. The predicted octanol–water partition coefficient (Wildman–Crippen LogP) is 3.49. The van der Waals surface area contributed by atoms with Crippen LogP contribution < -0.4 is 4.90 Å². The Morgan fingerprint density at radius 3 is 3.03 bits per heavy atom. The number of anilines is 1. The lowest BCUT2D eigenvalue weighted by Gasteiger charge is -2.41. The minimum absolute atomic E-state index is 0.0503. The molecular formula is C22H22BrN7O2. The average Bonchev–Trinajstić information content (AvgIpc) is 3.60. The number of nitrogens with zero attached hydrogens (tertiary/aromatic N) is 6. The summed E-state index contributed by atoms with van der Waals surface area (Å²) in [6.07, 6.45) is 12.1. The Morgan fingerprint density at radius 2 is 2.34 bits per heavy atom. The SMILES string of the molecule is CCCN(c1ncccc1C(=O)OC)C1C2=CCC1(n1cc(Br)cc1-c1nn[nH]n1)C=C2. The van der Waals surface area contributed by atoms with E-state index in [1.165, 1.54) is 12.7 Å². The number of methoxy groups -OCH3 is 1. The van der Waals surface area contributed by atoms with Crippen LogP contribution in [0.4, 0.5) is 5.82 Å². The molecule has 2 aliphatic carbocycles. The molecule has 10 heteroatoms. The molecule has 0 spiro atoms. The van der Waals surface area contributed by atoms with Crippen LogP contribution in [0.5, 0.6) is 0 Å². The molecule has 9 nitrogen and oxygen atoms in total. The number of fused-ring (bicyclic) bond motifs is 2. The molecule has 32 heavy (non-hydrogen) atoms. The molecule has 2 bridgehead atoms. The number of aromatic amines is 1. The Morgan fingerprint density at radius 1 is 1.47 bits per heavy atom. The van der Waals surface area contributed by atoms with E-state index < -0.39 is 11.5 Å². The van der Waals surface area contributed by atoms with Gasteiger partial charge in [-0.05, 0) is 57.8 Å². The molecule has 2 unspecified atom stereocenters. The number of allylic oxidation sites excluding steroid dienone is 1. The topological polar surface area (TPSA) is 102 Å². The normalized spacial score (nSPS) is 21.1. The quantitative estimate of drug-likeness (QED) is 0.500. The third-order valence-corrected chi connectivity index (χ3v) is 6.50. The van der Waals surface area contributed by atoms with Crippen molar-refractivity contribution in [2.75, 3.05) is 18.6 Å². The van der Waals surface area contributed by atoms with Crippen LogP contribution in [0, 0.1) is 0 Å². The number of carbonyl (C=O) groups excluding carboxylic acids is 1. The maximum atomic E-state index is 12.5. The van der Waals surface area contributed by atoms with Gasteiger partial charge in [-0.15, -0.1) is 10.2 Å². The van der Waals surface area contributed by atoms with Crippen molar-refractivity contribution in [3.63, 3.8) is 0 Å². The minimum atomic E-state index is -0.419. The molecule has 0 fully saturated rings. The van der Waals surface area contributed by atoms with Crippen molar-refractivity contribution in [1.29, 1.82) is 0 Å². The number of esters is 1. The molecule has 0 saturated carbocycles. The number of ether oxygens (including phenoxy) is 1. The van der Waals surface area contributed by atoms with E-state index in [-0.39, 0.29) is 6.04 Å². The number of H-pyrrole nitrogens is 1. The summed E-state index contributed by atoms with van der Waals surface area (Å²) in [6.45, 7) is 2.85. The fourth-order valence-corrected chi connectivity index (χ4v) is 5.24. The Bertz CT molecular complexity index is 1220. The standard InChI is InChI=1S/C22H22BrN7O2/c1-3-11-29(20-16(21(31)32-2)5-4-10-24-20)18-14-6-8-22(18,9-7-14)30-13-15(23)12-17(30)19-25-27-28-26-19/h4-8,10,12-13,18H,3,9,11H2,1-2H3,(H,25,26,27,28). The molecule has 0 amide bonds. The van der Waals surface area contributed by atoms with Crippen LogP contribution in [0.1, 0.15) is 30.1 Å². The van der Waals surface area contributed by atoms with Crippen molar-refractivity contribution in [2.24, 2.45) is 0 Å². The highest BCUT2D eigenvalue weighted by molar-refractivity contribution is 9.10. The molecule has 0 aliphatic heterocycles. The molecule has 1 N–H and O–H groups in total. The molecule has 3 aromatic rings. The molecule has 0 aromatic carbocycles. The van der Waals surface area contributed by atoms with E-state index in [0.29, 0.717) is 17.2 Å². The first kappa shape index (κ1) is 20.6. The fraction of sp³-hybridized carbons (Fsp3) is 0.318. The smallest absolute Gasteiger partial charge is 0.341 e. The van der Waals surface area contributed by atoms with Gasteiger partial charge < -0.3 is 14.2 Å². The van der Waals surface area contributed by atoms with Crippen LogP contribution in [0.15, 0.2) is 58.9 Å². The number of carbonyl (C=O) groups is 1. The second-order valence-electron chi connectivity index (χ2n) is 7.84. The molecule has 2 aliphatic rings. The van der Waals surface area contributed by atoms with E-state index >= 15 is 0 Å². The third kappa shape index (κ3) is 3.09. The molecule has 5 rings (SSSR count). The van der Waals surface area contributed by atoms with E-state index in [2.05, 4.69) is 82.4 Å². The van der Waals surface area contributed by atoms with Gasteiger partial charge in [0.25, 0.3) is 0 Å². The van der Waals surface area contributed by atoms with Gasteiger partial charge in [0, 0.05) is 23.4 Å². The molecular weight excluding hydrogens is 474 g/mol. The van der Waals surface area contributed by atoms with Crippen molar-refractivity contribution < 1.29 is 9.53 Å². The fourth-order valence-electron chi connectivity index (χ4n) is 4.82. The number of hydrogen-bond donors (Lipinski definition) is 1. The van der Waals surface area contributed by atoms with E-state index in [4.69, 9.17) is 4.74 Å². The van der Waals surface area contributed by atoms with Gasteiger partial charge in [0.1, 0.15) is 11.4 Å². The first-order valence-corrected chi connectivity index (χ1v) is 11.2. The Labute approximate surface area is 193 Å². The maximum absolute atomic E-state index is 12.5. The lowest BCUT2D eigenvalue weighted by Crippen LogP contribution is -2.50. The van der Waals surface area contributed by atoms with Gasteiger partial charge in [0.05, 0.1) is 24.4 Å². The zero-order chi connectivity index (χ0) is 22.3. The van der Waals surface area contributed by atoms with Gasteiger partial charge in [-0.3, -0.25) is 0 Å². The number of halogens is 1. The second kappa shape index (κ2) is 8.01. The highest BCUT2D eigenvalue weighted by Gasteiger charge is 2.51. The lowest BCUT2D eigenvalue weighted by molar-refractivity contribution is 0.0600. The Kier molecular flexibility index (Phi) is 5.16. The molecule has 0 radical (unpaired) electrons. The summed E-state index contributed by atoms with van der Waals surface area (Å²) in [5.41, 5.74) is 2.08. The average molecular weight is 496 g/mol. The first-order valence-electron chi connectivity index (χ1n) is 10.4. The van der Waals surface area contributed by atoms with Crippen LogP contribution >= 0.6 is 15.9 Å².